The van der Waals surface area contributed by atoms with Gasteiger partial charge >= 0.3 is 5.97 Å². The quantitative estimate of drug-likeness (QED) is 0.339. The molecule has 1 saturated heterocycles. The van der Waals surface area contributed by atoms with E-state index in [0.29, 0.717) is 34.9 Å². The van der Waals surface area contributed by atoms with Crippen molar-refractivity contribution < 1.29 is 38.1 Å². The number of nitrogens with zero attached hydrogens (tertiary/aromatic N) is 1. The number of para-hydroxylation sites is 2. The van der Waals surface area contributed by atoms with Gasteiger partial charge in [-0.1, -0.05) is 25.1 Å². The molecule has 1 atom stereocenters. The number of carbonyl (C=O) groups is 4. The van der Waals surface area contributed by atoms with E-state index in [1.807, 2.05) is 6.92 Å². The normalized spacial score (nSPS) is 14.9. The van der Waals surface area contributed by atoms with Gasteiger partial charge in [0.2, 0.25) is 0 Å². The molecule has 1 fully saturated rings. The van der Waals surface area contributed by atoms with Crippen LogP contribution in [0.5, 0.6) is 17.2 Å². The van der Waals surface area contributed by atoms with Crippen LogP contribution in [0.3, 0.4) is 0 Å². The third-order valence-electron chi connectivity index (χ3n) is 5.29. The zero-order valence-corrected chi connectivity index (χ0v) is 21.8. The molecule has 0 saturated carbocycles. The lowest BCUT2D eigenvalue weighted by Crippen LogP contribution is -2.35. The molecule has 0 radical (unpaired) electrons. The van der Waals surface area contributed by atoms with Gasteiger partial charge in [0.25, 0.3) is 17.1 Å². The smallest absolute Gasteiger partial charge is 0.326 e. The molecule has 1 aliphatic rings. The molecule has 1 N–H and O–H groups in total. The number of methoxy groups -OCH3 is 2. The number of rotatable bonds is 11. The van der Waals surface area contributed by atoms with Gasteiger partial charge in [0, 0.05) is 0 Å². The Morgan fingerprint density at radius 1 is 1.05 bits per heavy atom. The minimum atomic E-state index is -0.643. The lowest BCUT2D eigenvalue weighted by atomic mass is 10.2. The van der Waals surface area contributed by atoms with Crippen molar-refractivity contribution >= 4 is 46.5 Å². The standard InChI is InChI=1S/C26H28N2O8S/c1-5-16(2)36-24(30)14-28-25(31)22(37-26(28)32)13-17-10-11-20(21(12-17)34-4)35-15-23(29)27-18-8-6-7-9-19(18)33-3/h6-13,16H,5,14-15H2,1-4H3,(H,27,29)/b22-13-/t16-/m0/s1. The number of benzene rings is 2. The molecule has 10 nitrogen and oxygen atoms in total. The zero-order chi connectivity index (χ0) is 26.9. The third kappa shape index (κ3) is 7.26. The van der Waals surface area contributed by atoms with Gasteiger partial charge in [0.15, 0.2) is 18.1 Å². The summed E-state index contributed by atoms with van der Waals surface area (Å²) in [6.45, 7) is 2.88. The minimum Gasteiger partial charge on any atom is -0.495 e. The molecule has 3 amide bonds. The fraction of sp³-hybridized carbons (Fsp3) is 0.308. The Morgan fingerprint density at radius 3 is 2.49 bits per heavy atom. The van der Waals surface area contributed by atoms with Crippen LogP contribution < -0.4 is 19.5 Å². The molecule has 3 rings (SSSR count). The lowest BCUT2D eigenvalue weighted by molar-refractivity contribution is -0.150. The number of anilines is 1. The van der Waals surface area contributed by atoms with Crippen molar-refractivity contribution in [2.75, 3.05) is 32.7 Å². The molecule has 1 aliphatic heterocycles. The zero-order valence-electron chi connectivity index (χ0n) is 20.9. The maximum atomic E-state index is 12.7. The second-order valence-electron chi connectivity index (χ2n) is 7.92. The van der Waals surface area contributed by atoms with Crippen LogP contribution in [0.15, 0.2) is 47.4 Å². The maximum Gasteiger partial charge on any atom is 0.326 e. The van der Waals surface area contributed by atoms with Gasteiger partial charge in [0.05, 0.1) is 30.9 Å². The van der Waals surface area contributed by atoms with E-state index in [9.17, 15) is 19.2 Å². The van der Waals surface area contributed by atoms with Crippen molar-refractivity contribution in [2.24, 2.45) is 0 Å². The Bertz CT molecular complexity index is 1210. The van der Waals surface area contributed by atoms with Crippen molar-refractivity contribution in [3.63, 3.8) is 0 Å². The van der Waals surface area contributed by atoms with E-state index in [2.05, 4.69) is 5.32 Å². The highest BCUT2D eigenvalue weighted by Gasteiger charge is 2.36. The number of hydrogen-bond donors (Lipinski definition) is 1. The van der Waals surface area contributed by atoms with E-state index in [-0.39, 0.29) is 17.6 Å². The average Bonchev–Trinajstić information content (AvgIpc) is 3.15. The molecule has 37 heavy (non-hydrogen) atoms. The molecule has 2 aromatic rings. The Kier molecular flexibility index (Phi) is 9.56. The monoisotopic (exact) mass is 528 g/mol. The number of esters is 1. The highest BCUT2D eigenvalue weighted by molar-refractivity contribution is 8.18. The van der Waals surface area contributed by atoms with Crippen LogP contribution in [0, 0.1) is 0 Å². The summed E-state index contributed by atoms with van der Waals surface area (Å²) in [5, 5.41) is 2.17. The summed E-state index contributed by atoms with van der Waals surface area (Å²) in [7, 11) is 2.95. The van der Waals surface area contributed by atoms with Gasteiger partial charge in [0.1, 0.15) is 12.3 Å². The maximum absolute atomic E-state index is 12.7. The molecular weight excluding hydrogens is 500 g/mol. The molecule has 0 aliphatic carbocycles. The highest BCUT2D eigenvalue weighted by atomic mass is 32.2. The summed E-state index contributed by atoms with van der Waals surface area (Å²) in [6, 6.07) is 11.9. The fourth-order valence-electron chi connectivity index (χ4n) is 3.23. The second kappa shape index (κ2) is 12.8. The number of imide groups is 1. The first-order valence-electron chi connectivity index (χ1n) is 11.4. The van der Waals surface area contributed by atoms with E-state index in [1.165, 1.54) is 20.3 Å². The molecule has 196 valence electrons. The highest BCUT2D eigenvalue weighted by Crippen LogP contribution is 2.34. The van der Waals surface area contributed by atoms with E-state index in [0.717, 1.165) is 16.7 Å². The van der Waals surface area contributed by atoms with Crippen LogP contribution >= 0.6 is 11.8 Å². The van der Waals surface area contributed by atoms with Crippen LogP contribution in [-0.2, 0) is 19.1 Å². The molecule has 0 spiro atoms. The van der Waals surface area contributed by atoms with Gasteiger partial charge in [-0.25, -0.2) is 0 Å². The number of thioether (sulfide) groups is 1. The summed E-state index contributed by atoms with van der Waals surface area (Å²) in [6.07, 6.45) is 1.84. The van der Waals surface area contributed by atoms with E-state index in [4.69, 9.17) is 18.9 Å². The van der Waals surface area contributed by atoms with E-state index in [1.54, 1.807) is 49.4 Å². The Hall–Kier alpha value is -3.99. The molecular formula is C26H28N2O8S. The number of hydrogen-bond acceptors (Lipinski definition) is 9. The van der Waals surface area contributed by atoms with Crippen molar-refractivity contribution in [1.29, 1.82) is 0 Å². The molecule has 1 heterocycles. The topological polar surface area (TPSA) is 120 Å². The van der Waals surface area contributed by atoms with Gasteiger partial charge in [-0.2, -0.15) is 0 Å². The van der Waals surface area contributed by atoms with Crippen LogP contribution in [0.2, 0.25) is 0 Å². The molecule has 0 unspecified atom stereocenters. The van der Waals surface area contributed by atoms with E-state index < -0.39 is 29.6 Å². The molecule has 11 heteroatoms. The molecule has 2 aromatic carbocycles. The largest absolute Gasteiger partial charge is 0.495 e. The predicted octanol–water partition coefficient (Wildman–Crippen LogP) is 4.10. The first kappa shape index (κ1) is 27.6. The summed E-state index contributed by atoms with van der Waals surface area (Å²) in [5.74, 6) is -0.448. The SMILES string of the molecule is CC[C@H](C)OC(=O)CN1C(=O)S/C(=C\c2ccc(OCC(=O)Nc3ccccc3OC)c(OC)c2)C1=O. The summed E-state index contributed by atoms with van der Waals surface area (Å²) in [4.78, 5) is 50.4. The third-order valence-corrected chi connectivity index (χ3v) is 6.20. The fourth-order valence-corrected chi connectivity index (χ4v) is 4.07. The Balaban J connectivity index is 1.65. The second-order valence-corrected chi connectivity index (χ2v) is 8.92. The van der Waals surface area contributed by atoms with Crippen molar-refractivity contribution in [3.8, 4) is 17.2 Å². The van der Waals surface area contributed by atoms with Gasteiger partial charge in [-0.05, 0) is 61.0 Å². The Morgan fingerprint density at radius 2 is 1.78 bits per heavy atom. The van der Waals surface area contributed by atoms with Crippen LogP contribution in [0.1, 0.15) is 25.8 Å². The minimum absolute atomic E-state index is 0.160. The first-order chi connectivity index (χ1) is 17.7. The number of carbonyl (C=O) groups excluding carboxylic acids is 4. The van der Waals surface area contributed by atoms with Crippen molar-refractivity contribution in [1.82, 2.24) is 4.90 Å². The van der Waals surface area contributed by atoms with Crippen LogP contribution in [0.4, 0.5) is 10.5 Å². The van der Waals surface area contributed by atoms with Crippen LogP contribution in [-0.4, -0.2) is 61.4 Å². The van der Waals surface area contributed by atoms with Gasteiger partial charge < -0.3 is 24.3 Å². The van der Waals surface area contributed by atoms with Crippen molar-refractivity contribution in [2.45, 2.75) is 26.4 Å². The summed E-state index contributed by atoms with van der Waals surface area (Å²) >= 11 is 0.734. The summed E-state index contributed by atoms with van der Waals surface area (Å²) in [5.41, 5.74) is 1.08. The Labute approximate surface area is 218 Å². The number of amides is 3. The summed E-state index contributed by atoms with van der Waals surface area (Å²) < 4.78 is 21.4. The lowest BCUT2D eigenvalue weighted by Gasteiger charge is -2.15. The predicted molar refractivity (Wildman–Crippen MR) is 139 cm³/mol. The van der Waals surface area contributed by atoms with Gasteiger partial charge in [-0.3, -0.25) is 24.1 Å². The van der Waals surface area contributed by atoms with Crippen molar-refractivity contribution in [3.05, 3.63) is 52.9 Å². The molecule has 0 bridgehead atoms. The average molecular weight is 529 g/mol. The van der Waals surface area contributed by atoms with Crippen LogP contribution in [0.25, 0.3) is 6.08 Å². The number of nitrogens with one attached hydrogen (secondary N) is 1. The number of ether oxygens (including phenoxy) is 4. The molecule has 0 aromatic heterocycles. The van der Waals surface area contributed by atoms with Gasteiger partial charge in [-0.15, -0.1) is 0 Å². The van der Waals surface area contributed by atoms with E-state index >= 15 is 0 Å². The first-order valence-corrected chi connectivity index (χ1v) is 12.3.